The number of nitrogens with one attached hydrogen (secondary N) is 1. The van der Waals surface area contributed by atoms with Gasteiger partial charge in [0.15, 0.2) is 12.2 Å². The number of hydrogen-bond donors (Lipinski definition) is 1. The van der Waals surface area contributed by atoms with Gasteiger partial charge in [0.1, 0.15) is 5.52 Å². The van der Waals surface area contributed by atoms with E-state index in [1.54, 1.807) is 36.4 Å². The quantitative estimate of drug-likeness (QED) is 0.313. The molecule has 1 N–H and O–H groups in total. The van der Waals surface area contributed by atoms with Gasteiger partial charge in [-0.05, 0) is 71.1 Å². The lowest BCUT2D eigenvalue weighted by molar-refractivity contribution is -0.119. The highest BCUT2D eigenvalue weighted by molar-refractivity contribution is 14.1. The third kappa shape index (κ3) is 4.45. The average molecular weight is 498 g/mol. The normalized spacial score (nSPS) is 10.7. The molecule has 0 aliphatic heterocycles. The van der Waals surface area contributed by atoms with Crippen molar-refractivity contribution in [3.8, 4) is 11.5 Å². The van der Waals surface area contributed by atoms with Gasteiger partial charge in [0.25, 0.3) is 5.91 Å². The van der Waals surface area contributed by atoms with Crippen LogP contribution in [-0.4, -0.2) is 23.5 Å². The van der Waals surface area contributed by atoms with E-state index in [1.807, 2.05) is 36.4 Å². The molecular weight excluding hydrogens is 483 g/mol. The van der Waals surface area contributed by atoms with Crippen molar-refractivity contribution in [1.82, 2.24) is 4.98 Å². The lowest BCUT2D eigenvalue weighted by atomic mass is 10.1. The molecule has 6 nitrogen and oxygen atoms in total. The van der Waals surface area contributed by atoms with Crippen LogP contribution in [0.4, 0.5) is 5.69 Å². The summed E-state index contributed by atoms with van der Waals surface area (Å²) < 4.78 is 12.0. The first-order valence-corrected chi connectivity index (χ1v) is 9.85. The first-order valence-electron chi connectivity index (χ1n) is 8.78. The number of rotatable bonds is 5. The van der Waals surface area contributed by atoms with Gasteiger partial charge in [-0.3, -0.25) is 4.79 Å². The third-order valence-electron chi connectivity index (χ3n) is 4.13. The molecule has 0 saturated heterocycles. The number of benzene rings is 3. The van der Waals surface area contributed by atoms with Crippen molar-refractivity contribution in [3.05, 3.63) is 81.9 Å². The van der Waals surface area contributed by atoms with Gasteiger partial charge < -0.3 is 14.5 Å². The molecule has 4 rings (SSSR count). The number of amides is 1. The van der Waals surface area contributed by atoms with E-state index in [-0.39, 0.29) is 5.56 Å². The predicted octanol–water partition coefficient (Wildman–Crippen LogP) is 4.89. The Morgan fingerprint density at radius 1 is 0.966 bits per heavy atom. The van der Waals surface area contributed by atoms with Crippen LogP contribution in [0, 0.1) is 3.57 Å². The molecule has 1 amide bonds. The molecule has 0 fully saturated rings. The van der Waals surface area contributed by atoms with Gasteiger partial charge in [0, 0.05) is 9.26 Å². The van der Waals surface area contributed by atoms with Crippen LogP contribution in [0.1, 0.15) is 10.4 Å². The van der Waals surface area contributed by atoms with Crippen LogP contribution in [0.15, 0.2) is 77.2 Å². The zero-order valence-electron chi connectivity index (χ0n) is 15.1. The molecule has 0 spiro atoms. The third-order valence-corrected chi connectivity index (χ3v) is 4.85. The number of oxazole rings is 1. The summed E-state index contributed by atoms with van der Waals surface area (Å²) in [7, 11) is 0. The van der Waals surface area contributed by atoms with Gasteiger partial charge in [-0.2, -0.15) is 0 Å². The van der Waals surface area contributed by atoms with Crippen LogP contribution in [-0.2, 0) is 9.53 Å². The minimum Gasteiger partial charge on any atom is -0.452 e. The Morgan fingerprint density at radius 3 is 2.48 bits per heavy atom. The number of aromatic nitrogens is 1. The summed E-state index contributed by atoms with van der Waals surface area (Å²) in [5, 5.41) is 2.69. The van der Waals surface area contributed by atoms with E-state index in [1.165, 1.54) is 0 Å². The van der Waals surface area contributed by atoms with Crippen molar-refractivity contribution in [2.45, 2.75) is 0 Å². The molecule has 0 saturated carbocycles. The van der Waals surface area contributed by atoms with Crippen LogP contribution in [0.25, 0.3) is 22.6 Å². The minimum atomic E-state index is -0.624. The maximum absolute atomic E-state index is 12.6. The van der Waals surface area contributed by atoms with Gasteiger partial charge in [-0.25, -0.2) is 9.78 Å². The SMILES string of the molecule is O=C(COC(=O)c1ccccc1-c1nc2ccccc2o1)Nc1ccc(I)cc1. The molecule has 29 heavy (non-hydrogen) atoms. The summed E-state index contributed by atoms with van der Waals surface area (Å²) in [4.78, 5) is 29.1. The number of esters is 1. The van der Waals surface area contributed by atoms with Crippen LogP contribution < -0.4 is 5.32 Å². The number of hydrogen-bond acceptors (Lipinski definition) is 5. The fraction of sp³-hybridized carbons (Fsp3) is 0.0455. The van der Waals surface area contributed by atoms with E-state index in [0.29, 0.717) is 28.2 Å². The second-order valence-electron chi connectivity index (χ2n) is 6.16. The summed E-state index contributed by atoms with van der Waals surface area (Å²) >= 11 is 2.18. The maximum Gasteiger partial charge on any atom is 0.339 e. The Hall–Kier alpha value is -3.20. The van der Waals surface area contributed by atoms with Crippen LogP contribution in [0.2, 0.25) is 0 Å². The van der Waals surface area contributed by atoms with Gasteiger partial charge in [0.2, 0.25) is 5.89 Å². The number of nitrogens with zero attached hydrogens (tertiary/aromatic N) is 1. The highest BCUT2D eigenvalue weighted by Crippen LogP contribution is 2.27. The number of carbonyl (C=O) groups is 2. The first kappa shape index (κ1) is 19.1. The van der Waals surface area contributed by atoms with E-state index in [0.717, 1.165) is 3.57 Å². The highest BCUT2D eigenvalue weighted by Gasteiger charge is 2.19. The second kappa shape index (κ2) is 8.44. The molecule has 4 aromatic rings. The molecule has 0 bridgehead atoms. The monoisotopic (exact) mass is 498 g/mol. The van der Waals surface area contributed by atoms with Gasteiger partial charge in [-0.1, -0.05) is 24.3 Å². The molecule has 0 atom stereocenters. The first-order chi connectivity index (χ1) is 14.1. The van der Waals surface area contributed by atoms with E-state index >= 15 is 0 Å². The Morgan fingerprint density at radius 2 is 1.69 bits per heavy atom. The molecule has 1 heterocycles. The lowest BCUT2D eigenvalue weighted by Crippen LogP contribution is -2.21. The Bertz CT molecular complexity index is 1150. The van der Waals surface area contributed by atoms with E-state index in [9.17, 15) is 9.59 Å². The Balaban J connectivity index is 1.47. The summed E-state index contributed by atoms with van der Waals surface area (Å²) in [5.41, 5.74) is 2.75. The zero-order valence-corrected chi connectivity index (χ0v) is 17.3. The number of anilines is 1. The summed E-state index contributed by atoms with van der Waals surface area (Å²) in [5.74, 6) is -0.721. The standard InChI is InChI=1S/C22H15IN2O4/c23-14-9-11-15(12-10-14)24-20(26)13-28-22(27)17-6-2-1-5-16(17)21-25-18-7-3-4-8-19(18)29-21/h1-12H,13H2,(H,24,26). The van der Waals surface area contributed by atoms with Crippen molar-refractivity contribution in [2.75, 3.05) is 11.9 Å². The Kier molecular flexibility index (Phi) is 5.57. The summed E-state index contributed by atoms with van der Waals surface area (Å²) in [6, 6.07) is 21.5. The molecule has 0 radical (unpaired) electrons. The predicted molar refractivity (Wildman–Crippen MR) is 118 cm³/mol. The fourth-order valence-corrected chi connectivity index (χ4v) is 3.13. The van der Waals surface area contributed by atoms with Gasteiger partial charge in [0.05, 0.1) is 11.1 Å². The molecule has 0 unspecified atom stereocenters. The van der Waals surface area contributed by atoms with E-state index in [4.69, 9.17) is 9.15 Å². The Labute approximate surface area is 180 Å². The molecular formula is C22H15IN2O4. The van der Waals surface area contributed by atoms with Crippen molar-refractivity contribution in [2.24, 2.45) is 0 Å². The lowest BCUT2D eigenvalue weighted by Gasteiger charge is -2.08. The average Bonchev–Trinajstić information content (AvgIpc) is 3.18. The fourth-order valence-electron chi connectivity index (χ4n) is 2.77. The molecule has 1 aromatic heterocycles. The van der Waals surface area contributed by atoms with Crippen LogP contribution in [0.5, 0.6) is 0 Å². The topological polar surface area (TPSA) is 81.4 Å². The molecule has 3 aromatic carbocycles. The molecule has 0 aliphatic rings. The van der Waals surface area contributed by atoms with Gasteiger partial charge in [-0.15, -0.1) is 0 Å². The van der Waals surface area contributed by atoms with Crippen molar-refractivity contribution < 1.29 is 18.7 Å². The number of fused-ring (bicyclic) bond motifs is 1. The molecule has 144 valence electrons. The van der Waals surface area contributed by atoms with Crippen molar-refractivity contribution in [3.63, 3.8) is 0 Å². The van der Waals surface area contributed by atoms with E-state index < -0.39 is 18.5 Å². The largest absolute Gasteiger partial charge is 0.452 e. The van der Waals surface area contributed by atoms with Crippen molar-refractivity contribution in [1.29, 1.82) is 0 Å². The molecule has 7 heteroatoms. The smallest absolute Gasteiger partial charge is 0.339 e. The highest BCUT2D eigenvalue weighted by atomic mass is 127. The van der Waals surface area contributed by atoms with Crippen molar-refractivity contribution >= 4 is 51.3 Å². The number of para-hydroxylation sites is 2. The van der Waals surface area contributed by atoms with E-state index in [2.05, 4.69) is 32.9 Å². The summed E-state index contributed by atoms with van der Waals surface area (Å²) in [6.45, 7) is -0.396. The van der Waals surface area contributed by atoms with Gasteiger partial charge >= 0.3 is 5.97 Å². The second-order valence-corrected chi connectivity index (χ2v) is 7.41. The number of ether oxygens (including phenoxy) is 1. The van der Waals surface area contributed by atoms with Crippen LogP contribution in [0.3, 0.4) is 0 Å². The number of halogens is 1. The zero-order chi connectivity index (χ0) is 20.2. The summed E-state index contributed by atoms with van der Waals surface area (Å²) in [6.07, 6.45) is 0. The molecule has 0 aliphatic carbocycles. The number of carbonyl (C=O) groups excluding carboxylic acids is 2. The van der Waals surface area contributed by atoms with Crippen LogP contribution >= 0.6 is 22.6 Å². The maximum atomic E-state index is 12.6. The minimum absolute atomic E-state index is 0.279.